The first-order valence-corrected chi connectivity index (χ1v) is 7.61. The smallest absolute Gasteiger partial charge is 0.272 e. The van der Waals surface area contributed by atoms with Crippen molar-refractivity contribution >= 4 is 11.7 Å². The van der Waals surface area contributed by atoms with E-state index in [0.717, 1.165) is 5.82 Å². The fraction of sp³-hybridized carbons (Fsp3) is 0.294. The second-order valence-corrected chi connectivity index (χ2v) is 5.38. The molecule has 0 saturated carbocycles. The maximum Gasteiger partial charge on any atom is 0.272 e. The molecule has 7 heteroatoms. The molecule has 0 aromatic carbocycles. The summed E-state index contributed by atoms with van der Waals surface area (Å²) in [7, 11) is 1.56. The molecule has 0 spiro atoms. The molecular weight excluding hydrogens is 306 g/mol. The first-order valence-electron chi connectivity index (χ1n) is 7.61. The minimum absolute atomic E-state index is 0.0960. The van der Waals surface area contributed by atoms with Crippen molar-refractivity contribution in [2.45, 2.75) is 0 Å². The van der Waals surface area contributed by atoms with E-state index in [2.05, 4.69) is 20.9 Å². The largest absolute Gasteiger partial charge is 0.497 e. The van der Waals surface area contributed by atoms with E-state index in [1.54, 1.807) is 42.6 Å². The van der Waals surface area contributed by atoms with Crippen molar-refractivity contribution < 1.29 is 9.53 Å². The lowest BCUT2D eigenvalue weighted by Gasteiger charge is -2.35. The van der Waals surface area contributed by atoms with Gasteiger partial charge in [0, 0.05) is 44.6 Å². The van der Waals surface area contributed by atoms with Gasteiger partial charge in [0.15, 0.2) is 0 Å². The van der Waals surface area contributed by atoms with E-state index < -0.39 is 0 Å². The molecule has 2 aromatic heterocycles. The van der Waals surface area contributed by atoms with E-state index in [4.69, 9.17) is 10.00 Å². The summed E-state index contributed by atoms with van der Waals surface area (Å²) in [5.41, 5.74) is 0.927. The van der Waals surface area contributed by atoms with Crippen LogP contribution < -0.4 is 9.64 Å². The molecule has 0 unspecified atom stereocenters. The minimum atomic E-state index is -0.0960. The van der Waals surface area contributed by atoms with E-state index in [-0.39, 0.29) is 5.91 Å². The number of rotatable bonds is 3. The Bertz CT molecular complexity index is 761. The number of carbonyl (C=O) groups excluding carboxylic acids is 1. The number of amides is 1. The van der Waals surface area contributed by atoms with Gasteiger partial charge in [-0.05, 0) is 18.2 Å². The molecule has 0 bridgehead atoms. The number of methoxy groups -OCH3 is 1. The Labute approximate surface area is 140 Å². The van der Waals surface area contributed by atoms with Crippen LogP contribution in [0.25, 0.3) is 0 Å². The summed E-state index contributed by atoms with van der Waals surface area (Å²) in [6.07, 6.45) is 3.13. The van der Waals surface area contributed by atoms with E-state index in [1.807, 2.05) is 6.07 Å². The number of nitriles is 1. The van der Waals surface area contributed by atoms with Gasteiger partial charge >= 0.3 is 0 Å². The molecule has 1 aliphatic rings. The lowest BCUT2D eigenvalue weighted by Crippen LogP contribution is -2.49. The van der Waals surface area contributed by atoms with Crippen LogP contribution in [0.1, 0.15) is 16.1 Å². The van der Waals surface area contributed by atoms with Crippen molar-refractivity contribution in [1.29, 1.82) is 5.26 Å². The zero-order chi connectivity index (χ0) is 16.9. The number of piperazine rings is 1. The summed E-state index contributed by atoms with van der Waals surface area (Å²) < 4.78 is 5.14. The van der Waals surface area contributed by atoms with Crippen molar-refractivity contribution in [3.05, 3.63) is 47.9 Å². The van der Waals surface area contributed by atoms with Crippen molar-refractivity contribution in [3.63, 3.8) is 0 Å². The highest BCUT2D eigenvalue weighted by atomic mass is 16.5. The zero-order valence-electron chi connectivity index (χ0n) is 13.3. The number of carbonyl (C=O) groups is 1. The SMILES string of the molecule is COc1ccnc(C(=O)N2CCN(c3ccc(C#N)cn3)CC2)c1. The van der Waals surface area contributed by atoms with Gasteiger partial charge in [-0.1, -0.05) is 0 Å². The molecule has 1 fully saturated rings. The molecule has 0 aliphatic carbocycles. The quantitative estimate of drug-likeness (QED) is 0.847. The summed E-state index contributed by atoms with van der Waals surface area (Å²) in [4.78, 5) is 24.8. The summed E-state index contributed by atoms with van der Waals surface area (Å²) >= 11 is 0. The maximum atomic E-state index is 12.5. The third-order valence-corrected chi connectivity index (χ3v) is 3.95. The Morgan fingerprint density at radius 3 is 2.62 bits per heavy atom. The average Bonchev–Trinajstić information content (AvgIpc) is 2.67. The van der Waals surface area contributed by atoms with Crippen LogP contribution in [0.5, 0.6) is 5.75 Å². The Kier molecular flexibility index (Phi) is 4.57. The molecular formula is C17H17N5O2. The van der Waals surface area contributed by atoms with Crippen LogP contribution in [0, 0.1) is 11.3 Å². The molecule has 0 N–H and O–H groups in total. The van der Waals surface area contributed by atoms with Gasteiger partial charge in [0.05, 0.1) is 12.7 Å². The molecule has 0 radical (unpaired) electrons. The van der Waals surface area contributed by atoms with Crippen LogP contribution >= 0.6 is 0 Å². The van der Waals surface area contributed by atoms with Gasteiger partial charge < -0.3 is 14.5 Å². The maximum absolute atomic E-state index is 12.5. The fourth-order valence-corrected chi connectivity index (χ4v) is 2.59. The van der Waals surface area contributed by atoms with Crippen molar-refractivity contribution in [2.75, 3.05) is 38.2 Å². The van der Waals surface area contributed by atoms with Crippen LogP contribution in [0.3, 0.4) is 0 Å². The van der Waals surface area contributed by atoms with Gasteiger partial charge in [-0.3, -0.25) is 9.78 Å². The standard InChI is InChI=1S/C17H17N5O2/c1-24-14-4-5-19-15(10-14)17(23)22-8-6-21(7-9-22)16-3-2-13(11-18)12-20-16/h2-5,10,12H,6-9H2,1H3. The van der Waals surface area contributed by atoms with Gasteiger partial charge in [-0.15, -0.1) is 0 Å². The van der Waals surface area contributed by atoms with Crippen molar-refractivity contribution in [1.82, 2.24) is 14.9 Å². The van der Waals surface area contributed by atoms with Crippen molar-refractivity contribution in [2.24, 2.45) is 0 Å². The Hall–Kier alpha value is -3.14. The number of hydrogen-bond donors (Lipinski definition) is 0. The van der Waals surface area contributed by atoms with Crippen LogP contribution in [-0.2, 0) is 0 Å². The topological polar surface area (TPSA) is 82.4 Å². The molecule has 24 heavy (non-hydrogen) atoms. The monoisotopic (exact) mass is 323 g/mol. The number of anilines is 1. The van der Waals surface area contributed by atoms with Gasteiger partial charge in [0.1, 0.15) is 23.3 Å². The lowest BCUT2D eigenvalue weighted by molar-refractivity contribution is 0.0740. The number of nitrogens with zero attached hydrogens (tertiary/aromatic N) is 5. The van der Waals surface area contributed by atoms with E-state index >= 15 is 0 Å². The molecule has 1 aliphatic heterocycles. The third kappa shape index (κ3) is 3.27. The van der Waals surface area contributed by atoms with Crippen molar-refractivity contribution in [3.8, 4) is 11.8 Å². The summed E-state index contributed by atoms with van der Waals surface area (Å²) in [6, 6.07) is 9.00. The normalized spacial score (nSPS) is 14.2. The van der Waals surface area contributed by atoms with Gasteiger partial charge in [0.2, 0.25) is 0 Å². The van der Waals surface area contributed by atoms with Gasteiger partial charge in [-0.25, -0.2) is 4.98 Å². The minimum Gasteiger partial charge on any atom is -0.497 e. The Morgan fingerprint density at radius 2 is 2.00 bits per heavy atom. The Morgan fingerprint density at radius 1 is 1.21 bits per heavy atom. The Balaban J connectivity index is 1.63. The first kappa shape index (κ1) is 15.7. The van der Waals surface area contributed by atoms with Crippen LogP contribution in [0.15, 0.2) is 36.7 Å². The van der Waals surface area contributed by atoms with Crippen LogP contribution in [0.2, 0.25) is 0 Å². The molecule has 3 rings (SSSR count). The number of aromatic nitrogens is 2. The molecule has 122 valence electrons. The van der Waals surface area contributed by atoms with E-state index in [0.29, 0.717) is 43.2 Å². The summed E-state index contributed by atoms with van der Waals surface area (Å²) in [5.74, 6) is 1.34. The fourth-order valence-electron chi connectivity index (χ4n) is 2.59. The molecule has 0 atom stereocenters. The lowest BCUT2D eigenvalue weighted by atomic mass is 10.2. The highest BCUT2D eigenvalue weighted by molar-refractivity contribution is 5.92. The zero-order valence-corrected chi connectivity index (χ0v) is 13.3. The molecule has 1 saturated heterocycles. The number of ether oxygens (including phenoxy) is 1. The molecule has 2 aromatic rings. The first-order chi connectivity index (χ1) is 11.7. The highest BCUT2D eigenvalue weighted by Crippen LogP contribution is 2.16. The predicted molar refractivity (Wildman–Crippen MR) is 87.9 cm³/mol. The molecule has 7 nitrogen and oxygen atoms in total. The summed E-state index contributed by atoms with van der Waals surface area (Å²) in [6.45, 7) is 2.57. The second-order valence-electron chi connectivity index (χ2n) is 5.38. The average molecular weight is 323 g/mol. The number of hydrogen-bond acceptors (Lipinski definition) is 6. The van der Waals surface area contributed by atoms with E-state index in [9.17, 15) is 4.79 Å². The highest BCUT2D eigenvalue weighted by Gasteiger charge is 2.23. The van der Waals surface area contributed by atoms with Crippen LogP contribution in [-0.4, -0.2) is 54.1 Å². The molecule has 1 amide bonds. The van der Waals surface area contributed by atoms with Gasteiger partial charge in [0.25, 0.3) is 5.91 Å². The van der Waals surface area contributed by atoms with E-state index in [1.165, 1.54) is 0 Å². The third-order valence-electron chi connectivity index (χ3n) is 3.95. The van der Waals surface area contributed by atoms with Crippen LogP contribution in [0.4, 0.5) is 5.82 Å². The summed E-state index contributed by atoms with van der Waals surface area (Å²) in [5, 5.41) is 8.82. The predicted octanol–water partition coefficient (Wildman–Crippen LogP) is 1.32. The van der Waals surface area contributed by atoms with Gasteiger partial charge in [-0.2, -0.15) is 5.26 Å². The molecule has 3 heterocycles. The second kappa shape index (κ2) is 6.96. The number of pyridine rings is 2.